The van der Waals surface area contributed by atoms with Crippen LogP contribution in [0.2, 0.25) is 0 Å². The van der Waals surface area contributed by atoms with Crippen LogP contribution in [0.15, 0.2) is 35.5 Å². The van der Waals surface area contributed by atoms with Crippen LogP contribution in [0.4, 0.5) is 0 Å². The molecule has 0 aliphatic rings. The van der Waals surface area contributed by atoms with Crippen molar-refractivity contribution in [2.24, 2.45) is 5.73 Å². The van der Waals surface area contributed by atoms with Gasteiger partial charge in [-0.2, -0.15) is 0 Å². The lowest BCUT2D eigenvalue weighted by atomic mass is 10.0. The molecule has 0 saturated carbocycles. The van der Waals surface area contributed by atoms with Gasteiger partial charge in [0.1, 0.15) is 0 Å². The zero-order valence-corrected chi connectivity index (χ0v) is 13.2. The van der Waals surface area contributed by atoms with Gasteiger partial charge in [0.25, 0.3) is 0 Å². The smallest absolute Gasteiger partial charge is 0.188 e. The predicted octanol–water partition coefficient (Wildman–Crippen LogP) is 3.58. The van der Waals surface area contributed by atoms with Gasteiger partial charge < -0.3 is 5.73 Å². The predicted molar refractivity (Wildman–Crippen MR) is 84.9 cm³/mol. The van der Waals surface area contributed by atoms with Gasteiger partial charge in [0, 0.05) is 22.7 Å². The Bertz CT molecular complexity index is 561. The molecule has 2 aromatic rings. The lowest BCUT2D eigenvalue weighted by Crippen LogP contribution is -2.21. The Balaban J connectivity index is 2.10. The fourth-order valence-electron chi connectivity index (χ4n) is 2.05. The molecule has 2 unspecified atom stereocenters. The van der Waals surface area contributed by atoms with Crippen LogP contribution in [0.1, 0.15) is 35.5 Å². The molecule has 1 aromatic heterocycles. The highest BCUT2D eigenvalue weighted by Gasteiger charge is 2.17. The summed E-state index contributed by atoms with van der Waals surface area (Å²) in [4.78, 5) is 8.92. The second-order valence-electron chi connectivity index (χ2n) is 5.19. The van der Waals surface area contributed by atoms with E-state index in [1.807, 2.05) is 19.9 Å². The highest BCUT2D eigenvalue weighted by molar-refractivity contribution is 7.99. The van der Waals surface area contributed by atoms with Gasteiger partial charge >= 0.3 is 0 Å². The first-order valence-electron chi connectivity index (χ1n) is 6.77. The monoisotopic (exact) mass is 287 g/mol. The minimum atomic E-state index is -0.0231. The van der Waals surface area contributed by atoms with Crippen LogP contribution in [-0.4, -0.2) is 15.2 Å². The Labute approximate surface area is 125 Å². The molecule has 1 heterocycles. The maximum Gasteiger partial charge on any atom is 0.188 e. The van der Waals surface area contributed by atoms with E-state index in [1.165, 1.54) is 5.56 Å². The van der Waals surface area contributed by atoms with Crippen molar-refractivity contribution in [2.45, 2.75) is 44.1 Å². The van der Waals surface area contributed by atoms with Gasteiger partial charge in [-0.15, -0.1) is 0 Å². The maximum absolute atomic E-state index is 6.34. The lowest BCUT2D eigenvalue weighted by Gasteiger charge is -2.19. The van der Waals surface area contributed by atoms with Crippen molar-refractivity contribution in [3.63, 3.8) is 0 Å². The molecule has 20 heavy (non-hydrogen) atoms. The Morgan fingerprint density at radius 3 is 2.10 bits per heavy atom. The molecule has 106 valence electrons. The lowest BCUT2D eigenvalue weighted by molar-refractivity contribution is 0.710. The molecule has 0 bridgehead atoms. The minimum absolute atomic E-state index is 0.0231. The average molecular weight is 287 g/mol. The Morgan fingerprint density at radius 2 is 1.55 bits per heavy atom. The summed E-state index contributed by atoms with van der Waals surface area (Å²) in [7, 11) is 0. The van der Waals surface area contributed by atoms with Crippen molar-refractivity contribution in [1.82, 2.24) is 9.97 Å². The van der Waals surface area contributed by atoms with E-state index in [4.69, 9.17) is 5.73 Å². The number of hydrogen-bond donors (Lipinski definition) is 1. The molecule has 0 amide bonds. The van der Waals surface area contributed by atoms with E-state index in [1.54, 1.807) is 11.8 Å². The number of aryl methyl sites for hydroxylation is 3. The fraction of sp³-hybridized carbons (Fsp3) is 0.375. The van der Waals surface area contributed by atoms with Gasteiger partial charge in [-0.25, -0.2) is 9.97 Å². The number of benzene rings is 1. The van der Waals surface area contributed by atoms with Crippen LogP contribution in [0.25, 0.3) is 0 Å². The molecular formula is C16H21N3S. The van der Waals surface area contributed by atoms with Crippen LogP contribution in [0, 0.1) is 20.8 Å². The molecule has 0 fully saturated rings. The molecule has 0 spiro atoms. The second kappa shape index (κ2) is 6.37. The summed E-state index contributed by atoms with van der Waals surface area (Å²) in [5, 5.41) is 1.02. The van der Waals surface area contributed by atoms with E-state index >= 15 is 0 Å². The summed E-state index contributed by atoms with van der Waals surface area (Å²) in [6.45, 7) is 8.18. The summed E-state index contributed by atoms with van der Waals surface area (Å²) in [5.74, 6) is 0. The van der Waals surface area contributed by atoms with Crippen LogP contribution in [-0.2, 0) is 0 Å². The van der Waals surface area contributed by atoms with E-state index in [9.17, 15) is 0 Å². The van der Waals surface area contributed by atoms with Crippen LogP contribution < -0.4 is 5.73 Å². The summed E-state index contributed by atoms with van der Waals surface area (Å²) in [6, 6.07) is 10.3. The van der Waals surface area contributed by atoms with E-state index < -0.39 is 0 Å². The molecule has 0 radical (unpaired) electrons. The quantitative estimate of drug-likeness (QED) is 0.690. The molecule has 2 atom stereocenters. The first-order chi connectivity index (χ1) is 9.45. The Morgan fingerprint density at radius 1 is 1.00 bits per heavy atom. The Hall–Kier alpha value is -1.39. The van der Waals surface area contributed by atoms with Gasteiger partial charge in [0.15, 0.2) is 5.16 Å². The standard InChI is InChI=1S/C16H21N3S/c1-10-5-7-14(8-6-10)15(17)13(4)20-16-18-11(2)9-12(3)19-16/h5-9,13,15H,17H2,1-4H3. The zero-order valence-electron chi connectivity index (χ0n) is 12.4. The maximum atomic E-state index is 6.34. The first-order valence-corrected chi connectivity index (χ1v) is 7.65. The first kappa shape index (κ1) is 15.0. The molecule has 1 aromatic carbocycles. The third-order valence-electron chi connectivity index (χ3n) is 3.22. The van der Waals surface area contributed by atoms with Crippen molar-refractivity contribution in [1.29, 1.82) is 0 Å². The van der Waals surface area contributed by atoms with Crippen molar-refractivity contribution < 1.29 is 0 Å². The Kier molecular flexibility index (Phi) is 4.78. The summed E-state index contributed by atoms with van der Waals surface area (Å²) in [6.07, 6.45) is 0. The van der Waals surface area contributed by atoms with Crippen molar-refractivity contribution in [3.8, 4) is 0 Å². The van der Waals surface area contributed by atoms with Crippen molar-refractivity contribution >= 4 is 11.8 Å². The molecule has 0 saturated heterocycles. The summed E-state index contributed by atoms with van der Waals surface area (Å²) < 4.78 is 0. The topological polar surface area (TPSA) is 51.8 Å². The molecule has 0 aliphatic heterocycles. The second-order valence-corrected chi connectivity index (χ2v) is 6.54. The fourth-order valence-corrected chi connectivity index (χ4v) is 3.08. The molecule has 2 rings (SSSR count). The molecule has 4 heteroatoms. The molecule has 3 nitrogen and oxygen atoms in total. The van der Waals surface area contributed by atoms with E-state index in [2.05, 4.69) is 48.1 Å². The highest BCUT2D eigenvalue weighted by atomic mass is 32.2. The van der Waals surface area contributed by atoms with Gasteiger partial charge in [-0.3, -0.25) is 0 Å². The van der Waals surface area contributed by atoms with Gasteiger partial charge in [-0.1, -0.05) is 48.5 Å². The zero-order chi connectivity index (χ0) is 14.7. The van der Waals surface area contributed by atoms with Crippen LogP contribution in [0.5, 0.6) is 0 Å². The van der Waals surface area contributed by atoms with Crippen LogP contribution in [0.3, 0.4) is 0 Å². The third kappa shape index (κ3) is 3.81. The van der Waals surface area contributed by atoms with Crippen LogP contribution >= 0.6 is 11.8 Å². The average Bonchev–Trinajstić information content (AvgIpc) is 2.37. The summed E-state index contributed by atoms with van der Waals surface area (Å²) >= 11 is 1.63. The number of nitrogens with two attached hydrogens (primary N) is 1. The highest BCUT2D eigenvalue weighted by Crippen LogP contribution is 2.28. The third-order valence-corrected chi connectivity index (χ3v) is 4.28. The number of aromatic nitrogens is 2. The number of hydrogen-bond acceptors (Lipinski definition) is 4. The van der Waals surface area contributed by atoms with Gasteiger partial charge in [-0.05, 0) is 32.4 Å². The number of rotatable bonds is 4. The molecular weight excluding hydrogens is 266 g/mol. The van der Waals surface area contributed by atoms with E-state index in [0.717, 1.165) is 22.1 Å². The summed E-state index contributed by atoms with van der Waals surface area (Å²) in [5.41, 5.74) is 10.7. The molecule has 2 N–H and O–H groups in total. The number of nitrogens with zero attached hydrogens (tertiary/aromatic N) is 2. The van der Waals surface area contributed by atoms with Crippen molar-refractivity contribution in [2.75, 3.05) is 0 Å². The van der Waals surface area contributed by atoms with E-state index in [-0.39, 0.29) is 11.3 Å². The normalized spacial score (nSPS) is 14.1. The van der Waals surface area contributed by atoms with Crippen molar-refractivity contribution in [3.05, 3.63) is 52.8 Å². The molecule has 0 aliphatic carbocycles. The minimum Gasteiger partial charge on any atom is -0.323 e. The largest absolute Gasteiger partial charge is 0.323 e. The SMILES string of the molecule is Cc1ccc(C(N)C(C)Sc2nc(C)cc(C)n2)cc1. The van der Waals surface area contributed by atoms with E-state index in [0.29, 0.717) is 0 Å². The van der Waals surface area contributed by atoms with Gasteiger partial charge in [0.2, 0.25) is 0 Å². The van der Waals surface area contributed by atoms with Gasteiger partial charge in [0.05, 0.1) is 0 Å². The number of thioether (sulfide) groups is 1.